The Morgan fingerprint density at radius 2 is 1.83 bits per heavy atom. The smallest absolute Gasteiger partial charge is 0.263 e. The van der Waals surface area contributed by atoms with Gasteiger partial charge in [-0.1, -0.05) is 42.8 Å². The zero-order valence-electron chi connectivity index (χ0n) is 17.4. The summed E-state index contributed by atoms with van der Waals surface area (Å²) in [5, 5.41) is 3.76. The Kier molecular flexibility index (Phi) is 7.06. The van der Waals surface area contributed by atoms with Crippen LogP contribution >= 0.6 is 11.6 Å². The van der Waals surface area contributed by atoms with Crippen LogP contribution in [-0.4, -0.2) is 28.0 Å². The van der Waals surface area contributed by atoms with E-state index < -0.39 is 5.60 Å². The van der Waals surface area contributed by atoms with Crippen LogP contribution in [-0.2, 0) is 4.79 Å². The minimum Gasteiger partial charge on any atom is -0.462 e. The first kappa shape index (κ1) is 21.8. The largest absolute Gasteiger partial charge is 0.462 e. The highest BCUT2D eigenvalue weighted by Gasteiger charge is 2.32. The van der Waals surface area contributed by atoms with Crippen molar-refractivity contribution in [3.8, 4) is 5.88 Å². The van der Waals surface area contributed by atoms with Gasteiger partial charge < -0.3 is 10.1 Å². The quantitative estimate of drug-likeness (QED) is 0.554. The lowest BCUT2D eigenvalue weighted by Gasteiger charge is -2.28. The molecule has 2 heterocycles. The summed E-state index contributed by atoms with van der Waals surface area (Å²) in [6.45, 7) is 6.06. The average molecular weight is 424 g/mol. The molecule has 0 bridgehead atoms. The molecule has 2 atom stereocenters. The lowest BCUT2D eigenvalue weighted by atomic mass is 9.83. The van der Waals surface area contributed by atoms with Gasteiger partial charge >= 0.3 is 0 Å². The molecule has 0 saturated carbocycles. The number of nitrogens with one attached hydrogen (secondary N) is 1. The third-order valence-electron chi connectivity index (χ3n) is 5.14. The number of nitrogens with zero attached hydrogens (tertiary/aromatic N) is 2. The molecule has 1 aromatic carbocycles. The fraction of sp³-hybridized carbons (Fsp3) is 0.292. The van der Waals surface area contributed by atoms with Gasteiger partial charge in [-0.3, -0.25) is 9.78 Å². The van der Waals surface area contributed by atoms with Crippen molar-refractivity contribution in [2.75, 3.05) is 6.54 Å². The van der Waals surface area contributed by atoms with Crippen LogP contribution < -0.4 is 10.1 Å². The molecule has 0 fully saturated rings. The summed E-state index contributed by atoms with van der Waals surface area (Å²) in [5.74, 6) is 0.391. The van der Waals surface area contributed by atoms with Crippen LogP contribution in [0.5, 0.6) is 5.88 Å². The van der Waals surface area contributed by atoms with E-state index in [1.807, 2.05) is 48.7 Å². The first-order chi connectivity index (χ1) is 14.4. The van der Waals surface area contributed by atoms with Crippen molar-refractivity contribution in [1.82, 2.24) is 15.3 Å². The summed E-state index contributed by atoms with van der Waals surface area (Å²) in [7, 11) is 0. The highest BCUT2D eigenvalue weighted by molar-refractivity contribution is 6.30. The molecule has 6 heteroatoms. The fourth-order valence-electron chi connectivity index (χ4n) is 3.31. The van der Waals surface area contributed by atoms with Crippen LogP contribution in [0.15, 0.2) is 73.2 Å². The SMILES string of the molecule is CC(c1ccc(Cl)cc1)C(CNC(=O)C(C)(C)Oc1ccccn1)c1cccnc1. The van der Waals surface area contributed by atoms with E-state index in [1.165, 1.54) is 0 Å². The predicted molar refractivity (Wildman–Crippen MR) is 119 cm³/mol. The molecule has 0 aliphatic heterocycles. The van der Waals surface area contributed by atoms with Crippen LogP contribution in [0.4, 0.5) is 0 Å². The Labute approximate surface area is 182 Å². The zero-order valence-corrected chi connectivity index (χ0v) is 18.1. The Morgan fingerprint density at radius 3 is 2.47 bits per heavy atom. The van der Waals surface area contributed by atoms with Gasteiger partial charge in [-0.2, -0.15) is 0 Å². The molecule has 0 spiro atoms. The summed E-state index contributed by atoms with van der Waals surface area (Å²) >= 11 is 6.05. The second-order valence-electron chi connectivity index (χ2n) is 7.72. The van der Waals surface area contributed by atoms with Gasteiger partial charge in [0.25, 0.3) is 5.91 Å². The minimum atomic E-state index is -1.06. The third kappa shape index (κ3) is 5.57. The predicted octanol–water partition coefficient (Wildman–Crippen LogP) is 4.99. The molecule has 30 heavy (non-hydrogen) atoms. The van der Waals surface area contributed by atoms with Crippen molar-refractivity contribution >= 4 is 17.5 Å². The number of ether oxygens (including phenoxy) is 1. The molecule has 1 amide bonds. The van der Waals surface area contributed by atoms with Crippen LogP contribution in [0.3, 0.4) is 0 Å². The summed E-state index contributed by atoms with van der Waals surface area (Å²) < 4.78 is 5.81. The number of halogens is 1. The van der Waals surface area contributed by atoms with E-state index in [2.05, 4.69) is 22.2 Å². The van der Waals surface area contributed by atoms with Crippen molar-refractivity contribution in [3.63, 3.8) is 0 Å². The van der Waals surface area contributed by atoms with Crippen molar-refractivity contribution in [3.05, 3.63) is 89.3 Å². The van der Waals surface area contributed by atoms with E-state index in [4.69, 9.17) is 16.3 Å². The number of hydrogen-bond acceptors (Lipinski definition) is 4. The van der Waals surface area contributed by atoms with E-state index >= 15 is 0 Å². The van der Waals surface area contributed by atoms with Gasteiger partial charge in [0.2, 0.25) is 5.88 Å². The van der Waals surface area contributed by atoms with Crippen molar-refractivity contribution in [2.45, 2.75) is 38.2 Å². The molecule has 5 nitrogen and oxygen atoms in total. The number of carbonyl (C=O) groups is 1. The Bertz CT molecular complexity index is 947. The van der Waals surface area contributed by atoms with Crippen LogP contribution in [0.2, 0.25) is 5.02 Å². The van der Waals surface area contributed by atoms with Gasteiger partial charge in [0.05, 0.1) is 0 Å². The van der Waals surface area contributed by atoms with Crippen LogP contribution in [0.25, 0.3) is 0 Å². The van der Waals surface area contributed by atoms with E-state index in [0.717, 1.165) is 11.1 Å². The van der Waals surface area contributed by atoms with Gasteiger partial charge in [-0.05, 0) is 55.2 Å². The first-order valence-electron chi connectivity index (χ1n) is 9.90. The number of rotatable bonds is 8. The molecule has 0 aliphatic rings. The molecule has 2 aromatic heterocycles. The molecule has 2 unspecified atom stereocenters. The van der Waals surface area contributed by atoms with E-state index in [0.29, 0.717) is 17.4 Å². The fourth-order valence-corrected chi connectivity index (χ4v) is 3.43. The molecule has 3 aromatic rings. The second kappa shape index (κ2) is 9.72. The van der Waals surface area contributed by atoms with E-state index in [9.17, 15) is 4.79 Å². The Hall–Kier alpha value is -2.92. The molecule has 3 rings (SSSR count). The lowest BCUT2D eigenvalue weighted by molar-refractivity contribution is -0.134. The maximum atomic E-state index is 12.9. The molecule has 0 aliphatic carbocycles. The van der Waals surface area contributed by atoms with Crippen LogP contribution in [0.1, 0.15) is 43.7 Å². The number of aromatic nitrogens is 2. The molecule has 0 saturated heterocycles. The highest BCUT2D eigenvalue weighted by Crippen LogP contribution is 2.32. The summed E-state index contributed by atoms with van der Waals surface area (Å²) in [5.41, 5.74) is 1.15. The Morgan fingerprint density at radius 1 is 1.07 bits per heavy atom. The summed E-state index contributed by atoms with van der Waals surface area (Å²) in [6.07, 6.45) is 5.23. The Balaban J connectivity index is 1.74. The van der Waals surface area contributed by atoms with Gasteiger partial charge in [0, 0.05) is 42.1 Å². The zero-order chi connectivity index (χ0) is 21.6. The third-order valence-corrected chi connectivity index (χ3v) is 5.39. The molecule has 0 radical (unpaired) electrons. The highest BCUT2D eigenvalue weighted by atomic mass is 35.5. The van der Waals surface area contributed by atoms with Gasteiger partial charge in [-0.15, -0.1) is 0 Å². The number of benzene rings is 1. The number of hydrogen-bond donors (Lipinski definition) is 1. The summed E-state index contributed by atoms with van der Waals surface area (Å²) in [4.78, 5) is 21.3. The first-order valence-corrected chi connectivity index (χ1v) is 10.3. The van der Waals surface area contributed by atoms with Gasteiger partial charge in [0.15, 0.2) is 5.60 Å². The normalized spacial score (nSPS) is 13.3. The standard InChI is InChI=1S/C24H26ClN3O2/c1-17(18-9-11-20(25)12-10-18)21(19-7-6-13-26-15-19)16-28-23(29)24(2,3)30-22-8-4-5-14-27-22/h4-15,17,21H,16H2,1-3H3,(H,28,29). The summed E-state index contributed by atoms with van der Waals surface area (Å²) in [6, 6.07) is 17.1. The number of amides is 1. The minimum absolute atomic E-state index is 0.0366. The van der Waals surface area contributed by atoms with E-state index in [-0.39, 0.29) is 17.7 Å². The number of carbonyl (C=O) groups excluding carboxylic acids is 1. The van der Waals surface area contributed by atoms with Crippen LogP contribution in [0, 0.1) is 0 Å². The van der Waals surface area contributed by atoms with Gasteiger partial charge in [0.1, 0.15) is 0 Å². The van der Waals surface area contributed by atoms with Crippen molar-refractivity contribution < 1.29 is 9.53 Å². The van der Waals surface area contributed by atoms with E-state index in [1.54, 1.807) is 38.4 Å². The number of pyridine rings is 2. The van der Waals surface area contributed by atoms with Crippen molar-refractivity contribution in [2.24, 2.45) is 0 Å². The topological polar surface area (TPSA) is 64.1 Å². The van der Waals surface area contributed by atoms with Crippen molar-refractivity contribution in [1.29, 1.82) is 0 Å². The maximum Gasteiger partial charge on any atom is 0.263 e. The lowest BCUT2D eigenvalue weighted by Crippen LogP contribution is -2.48. The molecular weight excluding hydrogens is 398 g/mol. The van der Waals surface area contributed by atoms with Gasteiger partial charge in [-0.25, -0.2) is 4.98 Å². The molecule has 156 valence electrons. The maximum absolute atomic E-state index is 12.9. The second-order valence-corrected chi connectivity index (χ2v) is 8.16. The molecular formula is C24H26ClN3O2. The molecule has 1 N–H and O–H groups in total. The monoisotopic (exact) mass is 423 g/mol. The average Bonchev–Trinajstić information content (AvgIpc) is 2.75.